The Labute approximate surface area is 109 Å². The Balaban J connectivity index is 2.06. The Morgan fingerprint density at radius 3 is 2.69 bits per heavy atom. The van der Waals surface area contributed by atoms with Crippen LogP contribution in [0, 0.1) is 11.7 Å². The largest absolute Gasteiger partial charge is 0.388 e. The average molecular weight is 335 g/mol. The third kappa shape index (κ3) is 2.93. The smallest absolute Gasteiger partial charge is 0.123 e. The van der Waals surface area contributed by atoms with E-state index in [4.69, 9.17) is 0 Å². The highest BCUT2D eigenvalue weighted by atomic mass is 127. The van der Waals surface area contributed by atoms with Crippen LogP contribution < -0.4 is 0 Å². The van der Waals surface area contributed by atoms with E-state index in [9.17, 15) is 9.50 Å². The molecule has 0 bridgehead atoms. The van der Waals surface area contributed by atoms with E-state index in [-0.39, 0.29) is 11.7 Å². The lowest BCUT2D eigenvalue weighted by Crippen LogP contribution is -2.31. The molecule has 16 heavy (non-hydrogen) atoms. The SMILES string of the molecule is OC(c1ccc(F)cc1)C1CCCN(I)C1. The van der Waals surface area contributed by atoms with E-state index in [0.29, 0.717) is 0 Å². The summed E-state index contributed by atoms with van der Waals surface area (Å²) in [5.74, 6) is 0.00576. The van der Waals surface area contributed by atoms with Crippen LogP contribution in [0.15, 0.2) is 24.3 Å². The summed E-state index contributed by atoms with van der Waals surface area (Å²) in [6.07, 6.45) is 1.68. The van der Waals surface area contributed by atoms with Gasteiger partial charge in [0.05, 0.1) is 6.10 Å². The lowest BCUT2D eigenvalue weighted by Gasteiger charge is -2.31. The van der Waals surface area contributed by atoms with Crippen LogP contribution in [0.25, 0.3) is 0 Å². The summed E-state index contributed by atoms with van der Waals surface area (Å²) in [5.41, 5.74) is 0.818. The highest BCUT2D eigenvalue weighted by Gasteiger charge is 2.25. The first-order valence-electron chi connectivity index (χ1n) is 5.51. The molecule has 2 atom stereocenters. The number of rotatable bonds is 2. The highest BCUT2D eigenvalue weighted by Crippen LogP contribution is 2.30. The van der Waals surface area contributed by atoms with Gasteiger partial charge in [-0.2, -0.15) is 0 Å². The minimum absolute atomic E-state index is 0.255. The van der Waals surface area contributed by atoms with Gasteiger partial charge in [0, 0.05) is 41.9 Å². The molecule has 0 aromatic heterocycles. The summed E-state index contributed by atoms with van der Waals surface area (Å²) in [5, 5.41) is 10.2. The molecule has 1 heterocycles. The van der Waals surface area contributed by atoms with E-state index in [1.807, 2.05) is 0 Å². The molecule has 0 amide bonds. The zero-order valence-electron chi connectivity index (χ0n) is 8.94. The lowest BCUT2D eigenvalue weighted by molar-refractivity contribution is 0.0794. The van der Waals surface area contributed by atoms with Crippen molar-refractivity contribution in [2.75, 3.05) is 13.1 Å². The third-order valence-electron chi connectivity index (χ3n) is 3.07. The number of aliphatic hydroxyl groups excluding tert-OH is 1. The molecule has 1 aliphatic rings. The Bertz CT molecular complexity index is 343. The van der Waals surface area contributed by atoms with E-state index in [0.717, 1.165) is 31.5 Å². The van der Waals surface area contributed by atoms with Crippen molar-refractivity contribution in [2.45, 2.75) is 18.9 Å². The van der Waals surface area contributed by atoms with Gasteiger partial charge >= 0.3 is 0 Å². The second-order valence-corrected chi connectivity index (χ2v) is 5.63. The van der Waals surface area contributed by atoms with E-state index >= 15 is 0 Å². The number of hydrogen-bond acceptors (Lipinski definition) is 2. The highest BCUT2D eigenvalue weighted by molar-refractivity contribution is 14.1. The molecule has 1 fully saturated rings. The second kappa shape index (κ2) is 5.42. The summed E-state index contributed by atoms with van der Waals surface area (Å²) in [6, 6.07) is 6.16. The molecule has 88 valence electrons. The normalized spacial score (nSPS) is 24.3. The summed E-state index contributed by atoms with van der Waals surface area (Å²) in [7, 11) is 0. The van der Waals surface area contributed by atoms with E-state index < -0.39 is 6.10 Å². The van der Waals surface area contributed by atoms with Gasteiger partial charge in [0.15, 0.2) is 0 Å². The molecule has 4 heteroatoms. The summed E-state index contributed by atoms with van der Waals surface area (Å²) in [6.45, 7) is 1.99. The fourth-order valence-corrected chi connectivity index (χ4v) is 3.00. The number of piperidine rings is 1. The molecule has 2 rings (SSSR count). The predicted octanol–water partition coefficient (Wildman–Crippen LogP) is 2.92. The molecule has 1 N–H and O–H groups in total. The van der Waals surface area contributed by atoms with Crippen molar-refractivity contribution in [3.8, 4) is 0 Å². The first kappa shape index (κ1) is 12.3. The van der Waals surface area contributed by atoms with Crippen LogP contribution in [0.4, 0.5) is 4.39 Å². The number of nitrogens with zero attached hydrogens (tertiary/aromatic N) is 1. The van der Waals surface area contributed by atoms with Crippen LogP contribution in [0.1, 0.15) is 24.5 Å². The molecule has 0 saturated carbocycles. The van der Waals surface area contributed by atoms with Gasteiger partial charge in [-0.05, 0) is 30.5 Å². The molecular weight excluding hydrogens is 320 g/mol. The van der Waals surface area contributed by atoms with Crippen LogP contribution in [-0.2, 0) is 0 Å². The van der Waals surface area contributed by atoms with E-state index in [2.05, 4.69) is 26.0 Å². The van der Waals surface area contributed by atoms with Gasteiger partial charge in [-0.25, -0.2) is 7.50 Å². The minimum atomic E-state index is -0.474. The van der Waals surface area contributed by atoms with E-state index in [1.165, 1.54) is 12.1 Å². The minimum Gasteiger partial charge on any atom is -0.388 e. The molecule has 0 spiro atoms. The molecule has 0 aliphatic carbocycles. The summed E-state index contributed by atoms with van der Waals surface area (Å²) in [4.78, 5) is 0. The molecule has 2 nitrogen and oxygen atoms in total. The monoisotopic (exact) mass is 335 g/mol. The van der Waals surface area contributed by atoms with Crippen LogP contribution in [0.2, 0.25) is 0 Å². The second-order valence-electron chi connectivity index (χ2n) is 4.27. The Kier molecular flexibility index (Phi) is 4.16. The van der Waals surface area contributed by atoms with Crippen LogP contribution in [-0.4, -0.2) is 21.3 Å². The van der Waals surface area contributed by atoms with Crippen LogP contribution in [0.3, 0.4) is 0 Å². The molecule has 1 aromatic carbocycles. The van der Waals surface area contributed by atoms with Gasteiger partial charge in [0.1, 0.15) is 5.82 Å². The van der Waals surface area contributed by atoms with Crippen LogP contribution >= 0.6 is 22.9 Å². The fraction of sp³-hybridized carbons (Fsp3) is 0.500. The van der Waals surface area contributed by atoms with Crippen molar-refractivity contribution in [3.05, 3.63) is 35.6 Å². The topological polar surface area (TPSA) is 23.5 Å². The van der Waals surface area contributed by atoms with Gasteiger partial charge in [-0.15, -0.1) is 0 Å². The molecule has 0 radical (unpaired) electrons. The zero-order chi connectivity index (χ0) is 11.5. The fourth-order valence-electron chi connectivity index (χ4n) is 2.15. The maximum atomic E-state index is 12.8. The van der Waals surface area contributed by atoms with E-state index in [1.54, 1.807) is 12.1 Å². The predicted molar refractivity (Wildman–Crippen MR) is 69.7 cm³/mol. The van der Waals surface area contributed by atoms with Crippen molar-refractivity contribution in [2.24, 2.45) is 5.92 Å². The molecule has 2 unspecified atom stereocenters. The molecule has 1 saturated heterocycles. The Morgan fingerprint density at radius 1 is 1.38 bits per heavy atom. The standard InChI is InChI=1S/C12H15FINO/c13-11-5-3-9(4-6-11)12(16)10-2-1-7-15(14)8-10/h3-6,10,12,16H,1-2,7-8H2. The lowest BCUT2D eigenvalue weighted by atomic mass is 9.89. The quantitative estimate of drug-likeness (QED) is 0.664. The van der Waals surface area contributed by atoms with Crippen molar-refractivity contribution in [1.82, 2.24) is 3.11 Å². The first-order valence-corrected chi connectivity index (χ1v) is 6.47. The molecule has 1 aliphatic heterocycles. The summed E-state index contributed by atoms with van der Waals surface area (Å²) < 4.78 is 15.0. The van der Waals surface area contributed by atoms with Gasteiger partial charge in [-0.3, -0.25) is 0 Å². The van der Waals surface area contributed by atoms with Gasteiger partial charge in [0.2, 0.25) is 0 Å². The number of halogens is 2. The van der Waals surface area contributed by atoms with Gasteiger partial charge < -0.3 is 5.11 Å². The number of benzene rings is 1. The third-order valence-corrected chi connectivity index (χ3v) is 3.94. The molecule has 1 aromatic rings. The Hall–Kier alpha value is -0.200. The average Bonchev–Trinajstić information content (AvgIpc) is 2.29. The van der Waals surface area contributed by atoms with Gasteiger partial charge in [-0.1, -0.05) is 12.1 Å². The van der Waals surface area contributed by atoms with Gasteiger partial charge in [0.25, 0.3) is 0 Å². The molecular formula is C12H15FINO. The summed E-state index contributed by atoms with van der Waals surface area (Å²) >= 11 is 2.29. The van der Waals surface area contributed by atoms with Crippen molar-refractivity contribution < 1.29 is 9.50 Å². The Morgan fingerprint density at radius 2 is 2.06 bits per heavy atom. The van der Waals surface area contributed by atoms with Crippen molar-refractivity contribution in [3.63, 3.8) is 0 Å². The van der Waals surface area contributed by atoms with Crippen molar-refractivity contribution >= 4 is 22.9 Å². The number of hydrogen-bond donors (Lipinski definition) is 1. The maximum absolute atomic E-state index is 12.8. The zero-order valence-corrected chi connectivity index (χ0v) is 11.1. The van der Waals surface area contributed by atoms with Crippen molar-refractivity contribution in [1.29, 1.82) is 0 Å². The first-order chi connectivity index (χ1) is 7.66. The van der Waals surface area contributed by atoms with Crippen LogP contribution in [0.5, 0.6) is 0 Å². The maximum Gasteiger partial charge on any atom is 0.123 e. The number of aliphatic hydroxyl groups is 1.